The van der Waals surface area contributed by atoms with Crippen molar-refractivity contribution < 1.29 is 4.39 Å². The lowest BCUT2D eigenvalue weighted by atomic mass is 10.2. The van der Waals surface area contributed by atoms with Crippen molar-refractivity contribution in [1.82, 2.24) is 0 Å². The Morgan fingerprint density at radius 1 is 1.11 bits per heavy atom. The van der Waals surface area contributed by atoms with Crippen LogP contribution in [-0.4, -0.2) is 0 Å². The standard InChI is InChI=1S/C13H7FN2S2/c14-8-2-1-7-3-11(17-10(7)4-8)12-5-9(16)13(6-15)18-12/h1-5H,16H2. The van der Waals surface area contributed by atoms with E-state index >= 15 is 0 Å². The van der Waals surface area contributed by atoms with Crippen molar-refractivity contribution in [2.24, 2.45) is 0 Å². The Morgan fingerprint density at radius 3 is 2.61 bits per heavy atom. The van der Waals surface area contributed by atoms with Crippen molar-refractivity contribution in [3.8, 4) is 15.8 Å². The van der Waals surface area contributed by atoms with Crippen LogP contribution in [0.3, 0.4) is 0 Å². The Balaban J connectivity index is 2.16. The van der Waals surface area contributed by atoms with Gasteiger partial charge in [0.15, 0.2) is 0 Å². The van der Waals surface area contributed by atoms with Crippen LogP contribution in [-0.2, 0) is 0 Å². The first-order valence-corrected chi connectivity index (χ1v) is 6.79. The quantitative estimate of drug-likeness (QED) is 0.722. The van der Waals surface area contributed by atoms with E-state index in [-0.39, 0.29) is 5.82 Å². The summed E-state index contributed by atoms with van der Waals surface area (Å²) in [6, 6.07) is 10.6. The predicted octanol–water partition coefficient (Wildman–Crippen LogP) is 4.22. The van der Waals surface area contributed by atoms with Crippen molar-refractivity contribution in [2.75, 3.05) is 5.73 Å². The summed E-state index contributed by atoms with van der Waals surface area (Å²) in [7, 11) is 0. The van der Waals surface area contributed by atoms with Crippen molar-refractivity contribution in [2.45, 2.75) is 0 Å². The molecule has 18 heavy (non-hydrogen) atoms. The molecule has 0 saturated heterocycles. The van der Waals surface area contributed by atoms with Gasteiger partial charge in [-0.3, -0.25) is 0 Å². The number of fused-ring (bicyclic) bond motifs is 1. The number of hydrogen-bond donors (Lipinski definition) is 1. The minimum atomic E-state index is -0.237. The molecule has 0 saturated carbocycles. The maximum Gasteiger partial charge on any atom is 0.128 e. The van der Waals surface area contributed by atoms with E-state index in [1.165, 1.54) is 34.8 Å². The Hall–Kier alpha value is -1.90. The lowest BCUT2D eigenvalue weighted by Gasteiger charge is -1.87. The molecule has 2 nitrogen and oxygen atoms in total. The van der Waals surface area contributed by atoms with Gasteiger partial charge in [-0.05, 0) is 29.7 Å². The molecule has 1 aromatic carbocycles. The average Bonchev–Trinajstić information content (AvgIpc) is 2.91. The zero-order valence-electron chi connectivity index (χ0n) is 9.11. The van der Waals surface area contributed by atoms with Gasteiger partial charge in [0.2, 0.25) is 0 Å². The molecule has 0 bridgehead atoms. The molecule has 0 atom stereocenters. The number of anilines is 1. The lowest BCUT2D eigenvalue weighted by molar-refractivity contribution is 0.630. The van der Waals surface area contributed by atoms with Crippen molar-refractivity contribution in [3.63, 3.8) is 0 Å². The Labute approximate surface area is 111 Å². The number of thiophene rings is 2. The summed E-state index contributed by atoms with van der Waals surface area (Å²) in [5, 5.41) is 9.89. The molecule has 2 aromatic heterocycles. The number of nitrogens with zero attached hydrogens (tertiary/aromatic N) is 1. The Morgan fingerprint density at radius 2 is 1.89 bits per heavy atom. The number of hydrogen-bond acceptors (Lipinski definition) is 4. The smallest absolute Gasteiger partial charge is 0.128 e. The number of halogens is 1. The van der Waals surface area contributed by atoms with E-state index in [1.807, 2.05) is 6.07 Å². The topological polar surface area (TPSA) is 49.8 Å². The van der Waals surface area contributed by atoms with Crippen LogP contribution in [0, 0.1) is 17.1 Å². The fourth-order valence-corrected chi connectivity index (χ4v) is 3.78. The molecule has 0 radical (unpaired) electrons. The highest BCUT2D eigenvalue weighted by Gasteiger charge is 2.10. The molecular weight excluding hydrogens is 267 g/mol. The molecule has 0 aliphatic rings. The first-order chi connectivity index (χ1) is 8.67. The van der Waals surface area contributed by atoms with Crippen LogP contribution >= 0.6 is 22.7 Å². The molecule has 0 amide bonds. The van der Waals surface area contributed by atoms with E-state index in [2.05, 4.69) is 6.07 Å². The maximum absolute atomic E-state index is 13.1. The van der Waals surface area contributed by atoms with Crippen LogP contribution in [0.2, 0.25) is 0 Å². The monoisotopic (exact) mass is 274 g/mol. The molecule has 0 aliphatic carbocycles. The SMILES string of the molecule is N#Cc1sc(-c2cc3ccc(F)cc3s2)cc1N. The van der Waals surface area contributed by atoms with Crippen LogP contribution in [0.5, 0.6) is 0 Å². The zero-order valence-corrected chi connectivity index (χ0v) is 10.7. The van der Waals surface area contributed by atoms with E-state index in [9.17, 15) is 4.39 Å². The number of benzene rings is 1. The third kappa shape index (κ3) is 1.76. The van der Waals surface area contributed by atoms with Gasteiger partial charge >= 0.3 is 0 Å². The number of nitrogen functional groups attached to an aromatic ring is 1. The summed E-state index contributed by atoms with van der Waals surface area (Å²) < 4.78 is 14.0. The molecule has 88 valence electrons. The van der Waals surface area contributed by atoms with Crippen molar-refractivity contribution in [1.29, 1.82) is 5.26 Å². The zero-order chi connectivity index (χ0) is 12.7. The van der Waals surface area contributed by atoms with Crippen LogP contribution in [0.4, 0.5) is 10.1 Å². The second kappa shape index (κ2) is 4.09. The summed E-state index contributed by atoms with van der Waals surface area (Å²) in [5.74, 6) is -0.237. The molecule has 3 aromatic rings. The average molecular weight is 274 g/mol. The van der Waals surface area contributed by atoms with Gasteiger partial charge in [0.25, 0.3) is 0 Å². The number of rotatable bonds is 1. The molecule has 0 unspecified atom stereocenters. The van der Waals surface area contributed by atoms with Gasteiger partial charge in [-0.1, -0.05) is 6.07 Å². The van der Waals surface area contributed by atoms with E-state index in [4.69, 9.17) is 11.0 Å². The van der Waals surface area contributed by atoms with E-state index in [0.717, 1.165) is 19.8 Å². The van der Waals surface area contributed by atoms with Gasteiger partial charge in [-0.25, -0.2) is 4.39 Å². The van der Waals surface area contributed by atoms with Crippen LogP contribution in [0.15, 0.2) is 30.3 Å². The van der Waals surface area contributed by atoms with Gasteiger partial charge in [-0.15, -0.1) is 22.7 Å². The fourth-order valence-electron chi connectivity index (χ4n) is 1.74. The van der Waals surface area contributed by atoms with Gasteiger partial charge < -0.3 is 5.73 Å². The Kier molecular flexibility index (Phi) is 2.54. The lowest BCUT2D eigenvalue weighted by Crippen LogP contribution is -1.81. The largest absolute Gasteiger partial charge is 0.397 e. The van der Waals surface area contributed by atoms with Gasteiger partial charge in [0.1, 0.15) is 16.8 Å². The van der Waals surface area contributed by atoms with Crippen LogP contribution < -0.4 is 5.73 Å². The minimum Gasteiger partial charge on any atom is -0.397 e. The van der Waals surface area contributed by atoms with Crippen molar-refractivity contribution >= 4 is 38.4 Å². The first kappa shape index (κ1) is 11.2. The molecule has 2 heterocycles. The summed E-state index contributed by atoms with van der Waals surface area (Å²) in [4.78, 5) is 2.48. The second-order valence-electron chi connectivity index (χ2n) is 3.80. The highest BCUT2D eigenvalue weighted by molar-refractivity contribution is 7.26. The van der Waals surface area contributed by atoms with Gasteiger partial charge in [0, 0.05) is 14.5 Å². The van der Waals surface area contributed by atoms with Crippen LogP contribution in [0.25, 0.3) is 19.8 Å². The number of nitrogens with two attached hydrogens (primary N) is 1. The minimum absolute atomic E-state index is 0.237. The molecule has 0 spiro atoms. The fraction of sp³-hybridized carbons (Fsp3) is 0. The van der Waals surface area contributed by atoms with Crippen molar-refractivity contribution in [3.05, 3.63) is 41.0 Å². The molecular formula is C13H7FN2S2. The summed E-state index contributed by atoms with van der Waals surface area (Å²) in [6.45, 7) is 0. The normalized spacial score (nSPS) is 10.7. The summed E-state index contributed by atoms with van der Waals surface area (Å²) in [6.07, 6.45) is 0. The third-order valence-electron chi connectivity index (χ3n) is 2.59. The molecule has 5 heteroatoms. The van der Waals surface area contributed by atoms with Gasteiger partial charge in [0.05, 0.1) is 5.69 Å². The maximum atomic E-state index is 13.1. The van der Waals surface area contributed by atoms with Gasteiger partial charge in [-0.2, -0.15) is 5.26 Å². The predicted molar refractivity (Wildman–Crippen MR) is 74.2 cm³/mol. The highest BCUT2D eigenvalue weighted by atomic mass is 32.1. The number of nitriles is 1. The first-order valence-electron chi connectivity index (χ1n) is 5.16. The van der Waals surface area contributed by atoms with E-state index in [1.54, 1.807) is 12.1 Å². The molecule has 3 rings (SSSR count). The van der Waals surface area contributed by atoms with E-state index in [0.29, 0.717) is 10.6 Å². The molecule has 2 N–H and O–H groups in total. The third-order valence-corrected chi connectivity index (χ3v) is 4.94. The highest BCUT2D eigenvalue weighted by Crippen LogP contribution is 2.39. The molecule has 0 fully saturated rings. The summed E-state index contributed by atoms with van der Waals surface area (Å²) in [5.41, 5.74) is 6.24. The second-order valence-corrected chi connectivity index (χ2v) is 5.94. The summed E-state index contributed by atoms with van der Waals surface area (Å²) >= 11 is 2.87. The van der Waals surface area contributed by atoms with E-state index < -0.39 is 0 Å². The van der Waals surface area contributed by atoms with Crippen LogP contribution in [0.1, 0.15) is 4.88 Å². The Bertz CT molecular complexity index is 780. The molecule has 0 aliphatic heterocycles.